The molecule has 7 heteroatoms. The first-order valence-electron chi connectivity index (χ1n) is 4.38. The lowest BCUT2D eigenvalue weighted by atomic mass is 10.1. The highest BCUT2D eigenvalue weighted by molar-refractivity contribution is 5.91. The van der Waals surface area contributed by atoms with Gasteiger partial charge in [-0.2, -0.15) is 4.39 Å². The number of ether oxygens (including phenoxy) is 1. The molecule has 16 heavy (non-hydrogen) atoms. The average molecular weight is 234 g/mol. The third-order valence-electron chi connectivity index (χ3n) is 1.75. The number of aromatic nitrogens is 1. The summed E-state index contributed by atoms with van der Waals surface area (Å²) in [5.74, 6) is -2.87. The molecule has 0 atom stereocenters. The Balaban J connectivity index is 3.29. The molecule has 4 nitrogen and oxygen atoms in total. The van der Waals surface area contributed by atoms with E-state index in [-0.39, 0.29) is 12.4 Å². The molecule has 88 valence electrons. The number of hydrogen-bond acceptors (Lipinski definition) is 4. The van der Waals surface area contributed by atoms with E-state index in [1.54, 1.807) is 0 Å². The topological polar surface area (TPSA) is 65.2 Å². The number of carbonyl (C=O) groups is 1. The summed E-state index contributed by atoms with van der Waals surface area (Å²) in [5.41, 5.74) is 3.47. The number of anilines is 1. The van der Waals surface area contributed by atoms with Gasteiger partial charge in [0.2, 0.25) is 5.95 Å². The normalized spacial score (nSPS) is 10.6. The van der Waals surface area contributed by atoms with Crippen molar-refractivity contribution in [2.45, 2.75) is 13.3 Å². The molecule has 0 aliphatic rings. The number of halogens is 3. The summed E-state index contributed by atoms with van der Waals surface area (Å²) < 4.78 is 42.6. The second kappa shape index (κ2) is 4.82. The molecule has 1 aromatic rings. The van der Waals surface area contributed by atoms with Crippen LogP contribution in [0, 0.1) is 5.95 Å². The highest BCUT2D eigenvalue weighted by atomic mass is 19.3. The fraction of sp³-hybridized carbons (Fsp3) is 0.333. The Hall–Kier alpha value is -1.79. The Bertz CT molecular complexity index is 410. The van der Waals surface area contributed by atoms with Crippen LogP contribution in [0.4, 0.5) is 19.0 Å². The van der Waals surface area contributed by atoms with Crippen molar-refractivity contribution in [1.29, 1.82) is 0 Å². The molecule has 0 saturated carbocycles. The second-order valence-electron chi connectivity index (χ2n) is 2.82. The van der Waals surface area contributed by atoms with E-state index in [1.807, 2.05) is 0 Å². The van der Waals surface area contributed by atoms with E-state index < -0.39 is 29.5 Å². The van der Waals surface area contributed by atoms with Crippen molar-refractivity contribution in [3.05, 3.63) is 23.1 Å². The Morgan fingerprint density at radius 2 is 2.25 bits per heavy atom. The van der Waals surface area contributed by atoms with Crippen LogP contribution in [0.5, 0.6) is 0 Å². The Morgan fingerprint density at radius 1 is 1.62 bits per heavy atom. The van der Waals surface area contributed by atoms with E-state index in [0.717, 1.165) is 6.07 Å². The molecular weight excluding hydrogens is 225 g/mol. The van der Waals surface area contributed by atoms with Crippen molar-refractivity contribution in [1.82, 2.24) is 4.98 Å². The summed E-state index contributed by atoms with van der Waals surface area (Å²) in [6.45, 7) is 1.49. The van der Waals surface area contributed by atoms with Gasteiger partial charge < -0.3 is 10.5 Å². The molecule has 1 heterocycles. The zero-order valence-corrected chi connectivity index (χ0v) is 8.34. The number of carbonyl (C=O) groups excluding carboxylic acids is 1. The van der Waals surface area contributed by atoms with E-state index in [0.29, 0.717) is 0 Å². The summed E-state index contributed by atoms with van der Waals surface area (Å²) >= 11 is 0. The van der Waals surface area contributed by atoms with Gasteiger partial charge in [-0.25, -0.2) is 18.6 Å². The number of rotatable bonds is 3. The minimum Gasteiger partial charge on any atom is -0.462 e. The van der Waals surface area contributed by atoms with E-state index in [2.05, 4.69) is 9.72 Å². The van der Waals surface area contributed by atoms with Gasteiger partial charge in [-0.15, -0.1) is 0 Å². The van der Waals surface area contributed by atoms with Gasteiger partial charge in [0.15, 0.2) is 0 Å². The van der Waals surface area contributed by atoms with Crippen LogP contribution in [0.3, 0.4) is 0 Å². The minimum atomic E-state index is -3.16. The van der Waals surface area contributed by atoms with Crippen LogP contribution in [-0.4, -0.2) is 17.6 Å². The van der Waals surface area contributed by atoms with Gasteiger partial charge in [-0.3, -0.25) is 0 Å². The maximum absolute atomic E-state index is 13.1. The van der Waals surface area contributed by atoms with Crippen LogP contribution in [0.1, 0.15) is 29.3 Å². The third-order valence-corrected chi connectivity index (χ3v) is 1.75. The van der Waals surface area contributed by atoms with Crippen molar-refractivity contribution < 1.29 is 22.7 Å². The van der Waals surface area contributed by atoms with Gasteiger partial charge >= 0.3 is 5.97 Å². The molecule has 1 aromatic heterocycles. The maximum Gasteiger partial charge on any atom is 0.338 e. The fourth-order valence-electron chi connectivity index (χ4n) is 1.13. The summed E-state index contributed by atoms with van der Waals surface area (Å²) in [6.07, 6.45) is -3.16. The summed E-state index contributed by atoms with van der Waals surface area (Å²) in [6, 6.07) is 0.864. The number of nitrogen functional groups attached to an aromatic ring is 1. The molecule has 0 aliphatic carbocycles. The first-order chi connectivity index (χ1) is 7.47. The second-order valence-corrected chi connectivity index (χ2v) is 2.82. The number of nitrogens with zero attached hydrogens (tertiary/aromatic N) is 1. The zero-order chi connectivity index (χ0) is 12.3. The number of nitrogens with two attached hydrogens (primary N) is 1. The van der Waals surface area contributed by atoms with E-state index in [1.165, 1.54) is 6.92 Å². The number of alkyl halides is 2. The van der Waals surface area contributed by atoms with Crippen LogP contribution >= 0.6 is 0 Å². The molecule has 2 N–H and O–H groups in total. The van der Waals surface area contributed by atoms with Gasteiger partial charge in [0.1, 0.15) is 5.82 Å². The molecule has 1 rings (SSSR count). The van der Waals surface area contributed by atoms with Crippen LogP contribution < -0.4 is 5.73 Å². The van der Waals surface area contributed by atoms with E-state index in [4.69, 9.17) is 5.73 Å². The summed E-state index contributed by atoms with van der Waals surface area (Å²) in [7, 11) is 0. The molecule has 0 aliphatic heterocycles. The van der Waals surface area contributed by atoms with Gasteiger partial charge in [0.05, 0.1) is 17.7 Å². The van der Waals surface area contributed by atoms with Crippen molar-refractivity contribution in [2.24, 2.45) is 0 Å². The van der Waals surface area contributed by atoms with Gasteiger partial charge in [0, 0.05) is 0 Å². The quantitative estimate of drug-likeness (QED) is 0.641. The van der Waals surface area contributed by atoms with Gasteiger partial charge in [0.25, 0.3) is 6.43 Å². The van der Waals surface area contributed by atoms with Crippen LogP contribution in [0.25, 0.3) is 0 Å². The molecule has 0 radical (unpaired) electrons. The minimum absolute atomic E-state index is 0.00857. The summed E-state index contributed by atoms with van der Waals surface area (Å²) in [5, 5.41) is 0. The molecule has 0 aromatic carbocycles. The predicted molar refractivity (Wildman–Crippen MR) is 49.5 cm³/mol. The lowest BCUT2D eigenvalue weighted by Crippen LogP contribution is -2.12. The lowest BCUT2D eigenvalue weighted by Gasteiger charge is -2.09. The zero-order valence-electron chi connectivity index (χ0n) is 8.34. The van der Waals surface area contributed by atoms with Crippen LogP contribution in [0.2, 0.25) is 0 Å². The van der Waals surface area contributed by atoms with Crippen LogP contribution in [-0.2, 0) is 4.74 Å². The third kappa shape index (κ3) is 2.41. The molecule has 0 fully saturated rings. The summed E-state index contributed by atoms with van der Waals surface area (Å²) in [4.78, 5) is 14.3. The smallest absolute Gasteiger partial charge is 0.338 e. The average Bonchev–Trinajstić information content (AvgIpc) is 2.15. The van der Waals surface area contributed by atoms with Gasteiger partial charge in [-0.05, 0) is 13.0 Å². The van der Waals surface area contributed by atoms with Crippen molar-refractivity contribution in [3.8, 4) is 0 Å². The maximum atomic E-state index is 13.1. The standard InChI is InChI=1S/C9H9F3N2O2/c1-2-16-9(15)4-3-5(13)14-8(12)6(4)7(10)11/h3,7H,2H2,1H3,(H2,13,14). The fourth-order valence-corrected chi connectivity index (χ4v) is 1.13. The van der Waals surface area contributed by atoms with Crippen molar-refractivity contribution in [2.75, 3.05) is 12.3 Å². The monoisotopic (exact) mass is 234 g/mol. The van der Waals surface area contributed by atoms with E-state index in [9.17, 15) is 18.0 Å². The van der Waals surface area contributed by atoms with E-state index >= 15 is 0 Å². The molecule has 0 unspecified atom stereocenters. The highest BCUT2D eigenvalue weighted by Gasteiger charge is 2.25. The van der Waals surface area contributed by atoms with Crippen molar-refractivity contribution >= 4 is 11.8 Å². The highest BCUT2D eigenvalue weighted by Crippen LogP contribution is 2.26. The number of pyridine rings is 1. The molecule has 0 spiro atoms. The molecular formula is C9H9F3N2O2. The van der Waals surface area contributed by atoms with Gasteiger partial charge in [-0.1, -0.05) is 0 Å². The molecule has 0 amide bonds. The first kappa shape index (κ1) is 12.3. The molecule has 0 saturated heterocycles. The Kier molecular flexibility index (Phi) is 3.70. The first-order valence-corrected chi connectivity index (χ1v) is 4.38. The number of esters is 1. The Labute approximate surface area is 89.2 Å². The predicted octanol–water partition coefficient (Wildman–Crippen LogP) is 1.92. The SMILES string of the molecule is CCOC(=O)c1cc(N)nc(F)c1C(F)F. The largest absolute Gasteiger partial charge is 0.462 e. The Morgan fingerprint density at radius 3 is 2.75 bits per heavy atom. The van der Waals surface area contributed by atoms with Crippen LogP contribution in [0.15, 0.2) is 6.07 Å². The molecule has 0 bridgehead atoms. The number of hydrogen-bond donors (Lipinski definition) is 1. The lowest BCUT2D eigenvalue weighted by molar-refractivity contribution is 0.0513. The van der Waals surface area contributed by atoms with Crippen molar-refractivity contribution in [3.63, 3.8) is 0 Å².